The molecule has 0 atom stereocenters. The monoisotopic (exact) mass is 250 g/mol. The van der Waals surface area contributed by atoms with E-state index in [-0.39, 0.29) is 5.78 Å². The molecule has 2 aromatic rings. The summed E-state index contributed by atoms with van der Waals surface area (Å²) in [4.78, 5) is 12.0. The third-order valence-electron chi connectivity index (χ3n) is 2.93. The number of allylic oxidation sites excluding steroid dienone is 1. The quantitative estimate of drug-likeness (QED) is 0.773. The van der Waals surface area contributed by atoms with Crippen LogP contribution in [0, 0.1) is 0 Å². The number of hydrogen-bond donors (Lipinski definition) is 0. The van der Waals surface area contributed by atoms with Crippen LogP contribution in [0.25, 0.3) is 6.08 Å². The smallest absolute Gasteiger partial charge is 0.141 e. The van der Waals surface area contributed by atoms with Crippen LogP contribution in [0.1, 0.15) is 24.5 Å². The summed E-state index contributed by atoms with van der Waals surface area (Å²) in [6.07, 6.45) is 3.10. The van der Waals surface area contributed by atoms with Crippen LogP contribution in [0.3, 0.4) is 0 Å². The molecule has 0 aliphatic rings. The Bertz CT molecular complexity index is 553. The molecule has 0 aromatic heterocycles. The van der Waals surface area contributed by atoms with Gasteiger partial charge in [0.05, 0.1) is 0 Å². The molecule has 0 aliphatic heterocycles. The van der Waals surface area contributed by atoms with E-state index >= 15 is 0 Å². The maximum absolute atomic E-state index is 12.0. The molecule has 0 amide bonds. The summed E-state index contributed by atoms with van der Waals surface area (Å²) in [5, 5.41) is 0. The molecule has 96 valence electrons. The molecule has 0 N–H and O–H groups in total. The van der Waals surface area contributed by atoms with E-state index < -0.39 is 0 Å². The first-order valence-electron chi connectivity index (χ1n) is 6.52. The van der Waals surface area contributed by atoms with Crippen molar-refractivity contribution in [2.24, 2.45) is 0 Å². The highest BCUT2D eigenvalue weighted by Crippen LogP contribution is 2.11. The predicted octanol–water partition coefficient (Wildman–Crippen LogP) is 4.29. The molecule has 0 bridgehead atoms. The molecular weight excluding hydrogens is 232 g/mol. The fourth-order valence-electron chi connectivity index (χ4n) is 2.08. The molecule has 1 heteroatoms. The van der Waals surface area contributed by atoms with Gasteiger partial charge in [0.1, 0.15) is 5.78 Å². The zero-order chi connectivity index (χ0) is 13.5. The molecule has 1 nitrogen and oxygen atoms in total. The summed E-state index contributed by atoms with van der Waals surface area (Å²) in [6, 6.07) is 20.0. The number of carbonyl (C=O) groups excluding carboxylic acids is 1. The normalized spacial score (nSPS) is 11.3. The molecule has 0 spiro atoms. The highest BCUT2D eigenvalue weighted by atomic mass is 16.1. The number of benzene rings is 2. The molecule has 2 aromatic carbocycles. The Morgan fingerprint density at radius 3 is 2.16 bits per heavy atom. The zero-order valence-corrected chi connectivity index (χ0v) is 11.2. The van der Waals surface area contributed by atoms with Crippen molar-refractivity contribution in [3.63, 3.8) is 0 Å². The molecule has 0 fully saturated rings. The topological polar surface area (TPSA) is 17.1 Å². The minimum atomic E-state index is 0.260. The third kappa shape index (κ3) is 4.55. The summed E-state index contributed by atoms with van der Waals surface area (Å²) in [7, 11) is 0. The van der Waals surface area contributed by atoms with E-state index in [4.69, 9.17) is 0 Å². The van der Waals surface area contributed by atoms with Crippen molar-refractivity contribution in [2.45, 2.75) is 19.8 Å². The van der Waals surface area contributed by atoms with Crippen LogP contribution in [-0.2, 0) is 11.2 Å². The van der Waals surface area contributed by atoms with Crippen molar-refractivity contribution >= 4 is 11.9 Å². The lowest BCUT2D eigenvalue weighted by Gasteiger charge is -2.02. The van der Waals surface area contributed by atoms with Crippen molar-refractivity contribution < 1.29 is 4.79 Å². The van der Waals surface area contributed by atoms with E-state index in [0.717, 1.165) is 16.7 Å². The molecule has 0 heterocycles. The van der Waals surface area contributed by atoms with Crippen LogP contribution >= 0.6 is 0 Å². The van der Waals surface area contributed by atoms with Gasteiger partial charge in [-0.05, 0) is 18.1 Å². The van der Waals surface area contributed by atoms with Crippen molar-refractivity contribution in [2.75, 3.05) is 0 Å². The SMILES string of the molecule is C/C(=C\c1ccccc1)CC(=O)Cc1ccccc1. The minimum absolute atomic E-state index is 0.260. The van der Waals surface area contributed by atoms with E-state index in [9.17, 15) is 4.79 Å². The first-order valence-corrected chi connectivity index (χ1v) is 6.52. The second-order valence-electron chi connectivity index (χ2n) is 4.78. The second kappa shape index (κ2) is 6.69. The lowest BCUT2D eigenvalue weighted by molar-refractivity contribution is -0.117. The van der Waals surface area contributed by atoms with Crippen molar-refractivity contribution in [1.29, 1.82) is 0 Å². The summed E-state index contributed by atoms with van der Waals surface area (Å²) >= 11 is 0. The molecule has 0 saturated heterocycles. The Morgan fingerprint density at radius 2 is 1.53 bits per heavy atom. The van der Waals surface area contributed by atoms with E-state index in [1.54, 1.807) is 0 Å². The zero-order valence-electron chi connectivity index (χ0n) is 11.2. The Hall–Kier alpha value is -2.15. The average molecular weight is 250 g/mol. The van der Waals surface area contributed by atoms with Crippen molar-refractivity contribution in [3.8, 4) is 0 Å². The fraction of sp³-hybridized carbons (Fsp3) is 0.167. The first kappa shape index (κ1) is 13.3. The largest absolute Gasteiger partial charge is 0.299 e. The number of rotatable bonds is 5. The third-order valence-corrected chi connectivity index (χ3v) is 2.93. The maximum Gasteiger partial charge on any atom is 0.141 e. The van der Waals surface area contributed by atoms with Gasteiger partial charge in [-0.15, -0.1) is 0 Å². The van der Waals surface area contributed by atoms with Gasteiger partial charge < -0.3 is 0 Å². The van der Waals surface area contributed by atoms with Gasteiger partial charge in [-0.2, -0.15) is 0 Å². The van der Waals surface area contributed by atoms with Crippen LogP contribution in [0.4, 0.5) is 0 Å². The second-order valence-corrected chi connectivity index (χ2v) is 4.78. The maximum atomic E-state index is 12.0. The molecule has 0 saturated carbocycles. The van der Waals surface area contributed by atoms with Gasteiger partial charge in [-0.25, -0.2) is 0 Å². The number of hydrogen-bond acceptors (Lipinski definition) is 1. The Kier molecular flexibility index (Phi) is 4.68. The van der Waals surface area contributed by atoms with E-state index in [0.29, 0.717) is 12.8 Å². The molecule has 2 rings (SSSR count). The Morgan fingerprint density at radius 1 is 0.947 bits per heavy atom. The van der Waals surface area contributed by atoms with Crippen molar-refractivity contribution in [1.82, 2.24) is 0 Å². The molecule has 0 radical (unpaired) electrons. The average Bonchev–Trinajstić information content (AvgIpc) is 2.40. The van der Waals surface area contributed by atoms with Gasteiger partial charge in [0.25, 0.3) is 0 Å². The highest BCUT2D eigenvalue weighted by molar-refractivity contribution is 5.84. The van der Waals surface area contributed by atoms with E-state index in [2.05, 4.69) is 6.08 Å². The van der Waals surface area contributed by atoms with Gasteiger partial charge in [-0.1, -0.05) is 72.3 Å². The Labute approximate surface area is 114 Å². The first-order chi connectivity index (χ1) is 9.24. The predicted molar refractivity (Wildman–Crippen MR) is 79.9 cm³/mol. The van der Waals surface area contributed by atoms with Crippen LogP contribution in [0.2, 0.25) is 0 Å². The van der Waals surface area contributed by atoms with Crippen molar-refractivity contribution in [3.05, 3.63) is 77.4 Å². The summed E-state index contributed by atoms with van der Waals surface area (Å²) in [5.74, 6) is 0.260. The summed E-state index contributed by atoms with van der Waals surface area (Å²) < 4.78 is 0. The summed E-state index contributed by atoms with van der Waals surface area (Å²) in [6.45, 7) is 2.01. The van der Waals surface area contributed by atoms with Gasteiger partial charge in [0, 0.05) is 12.8 Å². The van der Waals surface area contributed by atoms with E-state index in [1.165, 1.54) is 0 Å². The van der Waals surface area contributed by atoms with Crippen LogP contribution in [0.5, 0.6) is 0 Å². The number of carbonyl (C=O) groups is 1. The summed E-state index contributed by atoms with van der Waals surface area (Å²) in [5.41, 5.74) is 3.33. The van der Waals surface area contributed by atoms with Gasteiger partial charge in [0.2, 0.25) is 0 Å². The lowest BCUT2D eigenvalue weighted by atomic mass is 10.0. The highest BCUT2D eigenvalue weighted by Gasteiger charge is 2.04. The number of Topliss-reactive ketones (excluding diaryl/α,β-unsaturated/α-hetero) is 1. The lowest BCUT2D eigenvalue weighted by Crippen LogP contribution is -2.02. The molecule has 0 unspecified atom stereocenters. The molecular formula is C18H18O. The van der Waals surface area contributed by atoms with Crippen LogP contribution < -0.4 is 0 Å². The fourth-order valence-corrected chi connectivity index (χ4v) is 2.08. The van der Waals surface area contributed by atoms with Gasteiger partial charge in [0.15, 0.2) is 0 Å². The number of ketones is 1. The van der Waals surface area contributed by atoms with E-state index in [1.807, 2.05) is 67.6 Å². The van der Waals surface area contributed by atoms with Gasteiger partial charge >= 0.3 is 0 Å². The van der Waals surface area contributed by atoms with Crippen LogP contribution in [0.15, 0.2) is 66.2 Å². The molecule has 19 heavy (non-hydrogen) atoms. The minimum Gasteiger partial charge on any atom is -0.299 e. The molecule has 0 aliphatic carbocycles. The van der Waals surface area contributed by atoms with Gasteiger partial charge in [-0.3, -0.25) is 4.79 Å². The van der Waals surface area contributed by atoms with Crippen LogP contribution in [-0.4, -0.2) is 5.78 Å². The standard InChI is InChI=1S/C18H18O/c1-15(12-16-8-4-2-5-9-16)13-18(19)14-17-10-6-3-7-11-17/h2-12H,13-14H2,1H3/b15-12+. The Balaban J connectivity index is 1.94.